The van der Waals surface area contributed by atoms with Gasteiger partial charge in [0.2, 0.25) is 5.91 Å². The van der Waals surface area contributed by atoms with E-state index >= 15 is 0 Å². The van der Waals surface area contributed by atoms with Crippen molar-refractivity contribution in [3.8, 4) is 5.75 Å². The highest BCUT2D eigenvalue weighted by Crippen LogP contribution is 2.53. The Hall–Kier alpha value is -0.930. The average molecular weight is 410 g/mol. The summed E-state index contributed by atoms with van der Waals surface area (Å²) in [5.41, 5.74) is -0.265. The van der Waals surface area contributed by atoms with Crippen LogP contribution in [0.3, 0.4) is 0 Å². The van der Waals surface area contributed by atoms with Gasteiger partial charge in [-0.2, -0.15) is 0 Å². The zero-order chi connectivity index (χ0) is 19.2. The summed E-state index contributed by atoms with van der Waals surface area (Å²) in [4.78, 5) is 12.8. The van der Waals surface area contributed by atoms with Gasteiger partial charge in [-0.25, -0.2) is 0 Å². The fourth-order valence-electron chi connectivity index (χ4n) is 5.75. The topological polar surface area (TPSA) is 38.3 Å². The van der Waals surface area contributed by atoms with Gasteiger partial charge in [0.15, 0.2) is 0 Å². The number of hydrogen-bond donors (Lipinski definition) is 1. The van der Waals surface area contributed by atoms with Crippen LogP contribution in [0.25, 0.3) is 0 Å². The van der Waals surface area contributed by atoms with Crippen molar-refractivity contribution in [2.75, 3.05) is 6.61 Å². The van der Waals surface area contributed by atoms with Gasteiger partial charge in [-0.15, -0.1) is 0 Å². The number of carbonyl (C=O) groups is 1. The number of amides is 1. The van der Waals surface area contributed by atoms with Crippen molar-refractivity contribution in [1.82, 2.24) is 5.32 Å². The fraction of sp³-hybridized carbons (Fsp3) is 0.682. The van der Waals surface area contributed by atoms with E-state index in [4.69, 9.17) is 27.9 Å². The molecule has 4 fully saturated rings. The molecule has 3 nitrogen and oxygen atoms in total. The Balaban J connectivity index is 1.30. The molecule has 0 heterocycles. The smallest absolute Gasteiger partial charge is 0.220 e. The van der Waals surface area contributed by atoms with Crippen molar-refractivity contribution < 1.29 is 9.53 Å². The standard InChI is InChI=1S/C22H29Cl2NO2/c1-22(2,12-27-19-4-3-17(23)10-18(19)24)11-20(26)25-21-15-6-13-5-14(8-15)9-16(21)7-13/h3-4,10,13-16,21H,5-9,11-12H2,1-2H3,(H,25,26). The first-order valence-electron chi connectivity index (χ1n) is 10.2. The predicted molar refractivity (Wildman–Crippen MR) is 109 cm³/mol. The first-order chi connectivity index (χ1) is 12.8. The Labute approximate surface area is 172 Å². The number of benzene rings is 1. The van der Waals surface area contributed by atoms with Crippen molar-refractivity contribution in [2.24, 2.45) is 29.1 Å². The van der Waals surface area contributed by atoms with Crippen molar-refractivity contribution in [3.05, 3.63) is 28.2 Å². The predicted octanol–water partition coefficient (Wildman–Crippen LogP) is 5.73. The second-order valence-electron chi connectivity index (χ2n) is 9.73. The first kappa shape index (κ1) is 19.4. The van der Waals surface area contributed by atoms with E-state index in [2.05, 4.69) is 19.2 Å². The molecular formula is C22H29Cl2NO2. The summed E-state index contributed by atoms with van der Waals surface area (Å²) in [7, 11) is 0. The Bertz CT molecular complexity index is 690. The number of halogens is 2. The molecule has 4 saturated carbocycles. The van der Waals surface area contributed by atoms with Crippen LogP contribution in [0.4, 0.5) is 0 Å². The maximum atomic E-state index is 12.8. The van der Waals surface area contributed by atoms with Gasteiger partial charge in [-0.05, 0) is 74.0 Å². The lowest BCUT2D eigenvalue weighted by Gasteiger charge is -2.54. The van der Waals surface area contributed by atoms with Crippen LogP contribution in [0.15, 0.2) is 18.2 Å². The molecule has 4 bridgehead atoms. The summed E-state index contributed by atoms with van der Waals surface area (Å²) < 4.78 is 5.87. The zero-order valence-corrected chi connectivity index (χ0v) is 17.7. The number of ether oxygens (including phenoxy) is 1. The molecule has 0 saturated heterocycles. The van der Waals surface area contributed by atoms with Gasteiger partial charge in [0.1, 0.15) is 5.75 Å². The summed E-state index contributed by atoms with van der Waals surface area (Å²) in [5.74, 6) is 4.03. The van der Waals surface area contributed by atoms with Gasteiger partial charge in [0.25, 0.3) is 0 Å². The minimum Gasteiger partial charge on any atom is -0.491 e. The lowest BCUT2D eigenvalue weighted by Crippen LogP contribution is -2.56. The molecule has 1 aromatic rings. The van der Waals surface area contributed by atoms with Gasteiger partial charge < -0.3 is 10.1 Å². The lowest BCUT2D eigenvalue weighted by molar-refractivity contribution is -0.127. The second-order valence-corrected chi connectivity index (χ2v) is 10.6. The Kier molecular flexibility index (Phi) is 5.37. The summed E-state index contributed by atoms with van der Waals surface area (Å²) in [5, 5.41) is 4.48. The van der Waals surface area contributed by atoms with Gasteiger partial charge in [-0.1, -0.05) is 37.0 Å². The number of nitrogens with one attached hydrogen (secondary N) is 1. The largest absolute Gasteiger partial charge is 0.491 e. The zero-order valence-electron chi connectivity index (χ0n) is 16.1. The molecule has 0 aromatic heterocycles. The third-order valence-corrected chi connectivity index (χ3v) is 7.24. The molecule has 0 radical (unpaired) electrons. The van der Waals surface area contributed by atoms with Gasteiger partial charge in [0, 0.05) is 22.9 Å². The highest BCUT2D eigenvalue weighted by molar-refractivity contribution is 6.35. The van der Waals surface area contributed by atoms with E-state index in [1.165, 1.54) is 32.1 Å². The van der Waals surface area contributed by atoms with Crippen LogP contribution in [0.5, 0.6) is 5.75 Å². The van der Waals surface area contributed by atoms with Crippen LogP contribution in [-0.4, -0.2) is 18.6 Å². The van der Waals surface area contributed by atoms with Gasteiger partial charge in [-0.3, -0.25) is 4.79 Å². The maximum Gasteiger partial charge on any atom is 0.220 e. The van der Waals surface area contributed by atoms with E-state index in [0.717, 1.165) is 11.8 Å². The van der Waals surface area contributed by atoms with E-state index in [1.807, 2.05) is 0 Å². The van der Waals surface area contributed by atoms with Gasteiger partial charge in [0.05, 0.1) is 11.6 Å². The Morgan fingerprint density at radius 1 is 1.11 bits per heavy atom. The van der Waals surface area contributed by atoms with E-state index in [-0.39, 0.29) is 11.3 Å². The maximum absolute atomic E-state index is 12.8. The van der Waals surface area contributed by atoms with E-state index in [9.17, 15) is 4.79 Å². The molecule has 1 aromatic carbocycles. The van der Waals surface area contributed by atoms with Crippen molar-refractivity contribution in [1.29, 1.82) is 0 Å². The summed E-state index contributed by atoms with van der Waals surface area (Å²) in [6, 6.07) is 5.60. The molecule has 0 aliphatic heterocycles. The molecule has 4 aliphatic carbocycles. The number of carbonyl (C=O) groups excluding carboxylic acids is 1. The summed E-state index contributed by atoms with van der Waals surface area (Å²) in [6.07, 6.45) is 7.17. The third-order valence-electron chi connectivity index (χ3n) is 6.71. The minimum atomic E-state index is -0.265. The molecule has 0 spiro atoms. The highest BCUT2D eigenvalue weighted by atomic mass is 35.5. The first-order valence-corrected chi connectivity index (χ1v) is 10.9. The molecule has 0 unspecified atom stereocenters. The quantitative estimate of drug-likeness (QED) is 0.651. The fourth-order valence-corrected chi connectivity index (χ4v) is 6.21. The van der Waals surface area contributed by atoms with Crippen LogP contribution < -0.4 is 10.1 Å². The lowest BCUT2D eigenvalue weighted by atomic mass is 9.54. The summed E-state index contributed by atoms with van der Waals surface area (Å²) >= 11 is 12.1. The highest BCUT2D eigenvalue weighted by Gasteiger charge is 2.48. The average Bonchev–Trinajstić information content (AvgIpc) is 2.56. The SMILES string of the molecule is CC(C)(COc1ccc(Cl)cc1Cl)CC(=O)NC1C2CC3CC(C2)CC1C3. The molecule has 1 N–H and O–H groups in total. The Morgan fingerprint density at radius 3 is 2.33 bits per heavy atom. The van der Waals surface area contributed by atoms with E-state index < -0.39 is 0 Å². The third kappa shape index (κ3) is 4.40. The molecule has 1 amide bonds. The second kappa shape index (κ2) is 7.48. The molecular weight excluding hydrogens is 381 g/mol. The van der Waals surface area contributed by atoms with Crippen molar-refractivity contribution in [2.45, 2.75) is 58.4 Å². The molecule has 27 heavy (non-hydrogen) atoms. The monoisotopic (exact) mass is 409 g/mol. The van der Waals surface area contributed by atoms with Crippen molar-refractivity contribution in [3.63, 3.8) is 0 Å². The van der Waals surface area contributed by atoms with E-state index in [0.29, 0.717) is 46.7 Å². The number of rotatable bonds is 6. The van der Waals surface area contributed by atoms with Crippen LogP contribution in [0.2, 0.25) is 10.0 Å². The molecule has 148 valence electrons. The van der Waals surface area contributed by atoms with Crippen molar-refractivity contribution >= 4 is 29.1 Å². The van der Waals surface area contributed by atoms with Crippen LogP contribution >= 0.6 is 23.2 Å². The molecule has 4 aliphatic rings. The van der Waals surface area contributed by atoms with E-state index in [1.54, 1.807) is 18.2 Å². The van der Waals surface area contributed by atoms with Gasteiger partial charge >= 0.3 is 0 Å². The summed E-state index contributed by atoms with van der Waals surface area (Å²) in [6.45, 7) is 4.56. The van der Waals surface area contributed by atoms with Crippen LogP contribution in [0.1, 0.15) is 52.4 Å². The molecule has 0 atom stereocenters. The van der Waals surface area contributed by atoms with Crippen LogP contribution in [0, 0.1) is 29.1 Å². The molecule has 5 rings (SSSR count). The minimum absolute atomic E-state index is 0.156. The number of hydrogen-bond acceptors (Lipinski definition) is 2. The van der Waals surface area contributed by atoms with Crippen LogP contribution in [-0.2, 0) is 4.79 Å². The Morgan fingerprint density at radius 2 is 1.74 bits per heavy atom. The molecule has 5 heteroatoms. The normalized spacial score (nSPS) is 31.8.